The first-order valence-electron chi connectivity index (χ1n) is 5.91. The SMILES string of the molecule is NC(=O)N1C(=O)C(C(=O)c2cccs2)c2ccccc21. The van der Waals surface area contributed by atoms with Gasteiger partial charge in [-0.15, -0.1) is 11.3 Å². The van der Waals surface area contributed by atoms with Gasteiger partial charge in [-0.3, -0.25) is 9.59 Å². The molecule has 20 heavy (non-hydrogen) atoms. The second kappa shape index (κ2) is 4.57. The lowest BCUT2D eigenvalue weighted by Crippen LogP contribution is -2.40. The molecule has 0 bridgehead atoms. The molecular weight excluding hydrogens is 276 g/mol. The van der Waals surface area contributed by atoms with Crippen LogP contribution >= 0.6 is 11.3 Å². The molecule has 0 saturated heterocycles. The van der Waals surface area contributed by atoms with Gasteiger partial charge in [0.15, 0.2) is 5.78 Å². The first-order chi connectivity index (χ1) is 9.61. The third-order valence-corrected chi connectivity index (χ3v) is 4.09. The van der Waals surface area contributed by atoms with E-state index in [1.54, 1.807) is 41.8 Å². The van der Waals surface area contributed by atoms with Crippen molar-refractivity contribution in [1.29, 1.82) is 0 Å². The second-order valence-corrected chi connectivity index (χ2v) is 5.29. The van der Waals surface area contributed by atoms with E-state index in [4.69, 9.17) is 5.73 Å². The number of benzene rings is 1. The highest BCUT2D eigenvalue weighted by Crippen LogP contribution is 2.39. The highest BCUT2D eigenvalue weighted by atomic mass is 32.1. The number of imide groups is 1. The fraction of sp³-hybridized carbons (Fsp3) is 0.0714. The molecule has 1 atom stereocenters. The molecule has 1 aromatic heterocycles. The number of urea groups is 1. The minimum atomic E-state index is -0.989. The quantitative estimate of drug-likeness (QED) is 0.678. The van der Waals surface area contributed by atoms with E-state index in [1.807, 2.05) is 0 Å². The minimum Gasteiger partial charge on any atom is -0.351 e. The van der Waals surface area contributed by atoms with E-state index in [9.17, 15) is 14.4 Å². The van der Waals surface area contributed by atoms with Crippen molar-refractivity contribution in [3.63, 3.8) is 0 Å². The number of primary amides is 1. The molecule has 1 aliphatic heterocycles. The Balaban J connectivity index is 2.11. The van der Waals surface area contributed by atoms with Crippen LogP contribution in [0.2, 0.25) is 0 Å². The number of anilines is 1. The number of ketones is 1. The molecule has 3 rings (SSSR count). The number of para-hydroxylation sites is 1. The number of amides is 3. The number of nitrogens with two attached hydrogens (primary N) is 1. The summed E-state index contributed by atoms with van der Waals surface area (Å²) in [5.74, 6) is -1.88. The molecule has 5 nitrogen and oxygen atoms in total. The van der Waals surface area contributed by atoms with Gasteiger partial charge in [0.05, 0.1) is 10.6 Å². The van der Waals surface area contributed by atoms with Crippen LogP contribution < -0.4 is 10.6 Å². The Morgan fingerprint density at radius 2 is 1.90 bits per heavy atom. The van der Waals surface area contributed by atoms with Gasteiger partial charge < -0.3 is 5.73 Å². The van der Waals surface area contributed by atoms with Crippen LogP contribution in [-0.2, 0) is 4.79 Å². The van der Waals surface area contributed by atoms with Crippen LogP contribution in [0.5, 0.6) is 0 Å². The Kier molecular flexibility index (Phi) is 2.87. The number of carbonyl (C=O) groups excluding carboxylic acids is 3. The van der Waals surface area contributed by atoms with Crippen LogP contribution in [0.3, 0.4) is 0 Å². The van der Waals surface area contributed by atoms with Crippen molar-refractivity contribution in [1.82, 2.24) is 0 Å². The maximum atomic E-state index is 12.5. The first kappa shape index (κ1) is 12.6. The van der Waals surface area contributed by atoms with Crippen molar-refractivity contribution in [3.05, 3.63) is 52.2 Å². The van der Waals surface area contributed by atoms with E-state index in [1.165, 1.54) is 11.3 Å². The Bertz CT molecular complexity index is 709. The lowest BCUT2D eigenvalue weighted by atomic mass is 9.95. The summed E-state index contributed by atoms with van der Waals surface area (Å²) in [4.78, 5) is 37.6. The molecular formula is C14H10N2O3S. The van der Waals surface area contributed by atoms with Gasteiger partial charge >= 0.3 is 6.03 Å². The average molecular weight is 286 g/mol. The van der Waals surface area contributed by atoms with Gasteiger partial charge in [-0.25, -0.2) is 9.69 Å². The summed E-state index contributed by atoms with van der Waals surface area (Å²) in [7, 11) is 0. The Hall–Kier alpha value is -2.47. The van der Waals surface area contributed by atoms with Crippen molar-refractivity contribution >= 4 is 34.7 Å². The third-order valence-electron chi connectivity index (χ3n) is 3.20. The molecule has 2 heterocycles. The van der Waals surface area contributed by atoms with Crippen LogP contribution in [-0.4, -0.2) is 17.7 Å². The molecule has 3 amide bonds. The van der Waals surface area contributed by atoms with Crippen LogP contribution in [0.1, 0.15) is 21.2 Å². The summed E-state index contributed by atoms with van der Waals surface area (Å²) in [6.07, 6.45) is 0. The largest absolute Gasteiger partial charge is 0.351 e. The summed E-state index contributed by atoms with van der Waals surface area (Å²) >= 11 is 1.27. The van der Waals surface area contributed by atoms with E-state index < -0.39 is 17.9 Å². The summed E-state index contributed by atoms with van der Waals surface area (Å²) in [6.45, 7) is 0. The van der Waals surface area contributed by atoms with Crippen molar-refractivity contribution in [2.24, 2.45) is 5.73 Å². The van der Waals surface area contributed by atoms with Crippen molar-refractivity contribution in [2.45, 2.75) is 5.92 Å². The van der Waals surface area contributed by atoms with Crippen LogP contribution in [0.25, 0.3) is 0 Å². The molecule has 0 fully saturated rings. The monoisotopic (exact) mass is 286 g/mol. The number of hydrogen-bond acceptors (Lipinski definition) is 4. The normalized spacial score (nSPS) is 17.1. The fourth-order valence-electron chi connectivity index (χ4n) is 2.36. The van der Waals surface area contributed by atoms with Gasteiger partial charge in [-0.1, -0.05) is 24.3 Å². The first-order valence-corrected chi connectivity index (χ1v) is 6.79. The zero-order chi connectivity index (χ0) is 14.3. The highest BCUT2D eigenvalue weighted by Gasteiger charge is 2.44. The minimum absolute atomic E-state index is 0.304. The zero-order valence-electron chi connectivity index (χ0n) is 10.3. The predicted molar refractivity (Wildman–Crippen MR) is 74.9 cm³/mol. The van der Waals surface area contributed by atoms with Crippen molar-refractivity contribution < 1.29 is 14.4 Å². The number of hydrogen-bond donors (Lipinski definition) is 1. The third kappa shape index (κ3) is 1.73. The number of thiophene rings is 1. The lowest BCUT2D eigenvalue weighted by Gasteiger charge is -2.11. The molecule has 0 spiro atoms. The number of nitrogens with zero attached hydrogens (tertiary/aromatic N) is 1. The van der Waals surface area contributed by atoms with Gasteiger partial charge in [0.1, 0.15) is 5.92 Å². The highest BCUT2D eigenvalue weighted by molar-refractivity contribution is 7.12. The lowest BCUT2D eigenvalue weighted by molar-refractivity contribution is -0.117. The van der Waals surface area contributed by atoms with E-state index in [2.05, 4.69) is 0 Å². The van der Waals surface area contributed by atoms with E-state index in [-0.39, 0.29) is 5.78 Å². The molecule has 0 aliphatic carbocycles. The predicted octanol–water partition coefficient (Wildman–Crippen LogP) is 2.14. The van der Waals surface area contributed by atoms with Gasteiger partial charge in [0.25, 0.3) is 5.91 Å². The average Bonchev–Trinajstić information content (AvgIpc) is 3.02. The molecule has 0 saturated carbocycles. The Morgan fingerprint density at radius 3 is 2.55 bits per heavy atom. The number of rotatable bonds is 2. The van der Waals surface area contributed by atoms with Gasteiger partial charge in [0, 0.05) is 0 Å². The summed E-state index contributed by atoms with van der Waals surface area (Å²) in [5, 5.41) is 1.77. The van der Waals surface area contributed by atoms with Crippen molar-refractivity contribution in [2.75, 3.05) is 4.90 Å². The maximum absolute atomic E-state index is 12.5. The van der Waals surface area contributed by atoms with E-state index in [0.717, 1.165) is 4.90 Å². The number of Topliss-reactive ketones (excluding diaryl/α,β-unsaturated/α-hetero) is 1. The van der Waals surface area contributed by atoms with Gasteiger partial charge in [-0.2, -0.15) is 0 Å². The maximum Gasteiger partial charge on any atom is 0.326 e. The Labute approximate surface area is 118 Å². The van der Waals surface area contributed by atoms with Crippen molar-refractivity contribution in [3.8, 4) is 0 Å². The molecule has 2 N–H and O–H groups in total. The standard InChI is InChI=1S/C14H10N2O3S/c15-14(19)16-9-5-2-1-4-8(9)11(13(16)18)12(17)10-6-3-7-20-10/h1-7,11H,(H2,15,19). The second-order valence-electron chi connectivity index (χ2n) is 4.35. The molecule has 1 aromatic carbocycles. The number of carbonyl (C=O) groups is 3. The summed E-state index contributed by atoms with van der Waals surface area (Å²) < 4.78 is 0. The summed E-state index contributed by atoms with van der Waals surface area (Å²) in [6, 6.07) is 9.24. The molecule has 100 valence electrons. The Morgan fingerprint density at radius 1 is 1.15 bits per heavy atom. The molecule has 6 heteroatoms. The van der Waals surface area contributed by atoms with Gasteiger partial charge in [-0.05, 0) is 23.1 Å². The smallest absolute Gasteiger partial charge is 0.326 e. The molecule has 0 radical (unpaired) electrons. The van der Waals surface area contributed by atoms with Crippen LogP contribution in [0, 0.1) is 0 Å². The summed E-state index contributed by atoms with van der Waals surface area (Å²) in [5.41, 5.74) is 6.15. The fourth-order valence-corrected chi connectivity index (χ4v) is 3.05. The molecule has 2 aromatic rings. The number of fused-ring (bicyclic) bond motifs is 1. The zero-order valence-corrected chi connectivity index (χ0v) is 11.1. The molecule has 1 aliphatic rings. The van der Waals surface area contributed by atoms with E-state index >= 15 is 0 Å². The topological polar surface area (TPSA) is 80.5 Å². The molecule has 1 unspecified atom stereocenters. The van der Waals surface area contributed by atoms with Crippen LogP contribution in [0.4, 0.5) is 10.5 Å². The van der Waals surface area contributed by atoms with Crippen LogP contribution in [0.15, 0.2) is 41.8 Å². The van der Waals surface area contributed by atoms with E-state index in [0.29, 0.717) is 16.1 Å². The van der Waals surface area contributed by atoms with Gasteiger partial charge in [0.2, 0.25) is 0 Å².